The molecule has 0 aliphatic rings. The monoisotopic (exact) mass is 248 g/mol. The quantitative estimate of drug-likeness (QED) is 0.619. The van der Waals surface area contributed by atoms with Crippen LogP contribution < -0.4 is 10.6 Å². The van der Waals surface area contributed by atoms with Gasteiger partial charge in [0.25, 0.3) is 0 Å². The van der Waals surface area contributed by atoms with E-state index in [4.69, 9.17) is 12.2 Å². The summed E-state index contributed by atoms with van der Waals surface area (Å²) >= 11 is 5.17. The summed E-state index contributed by atoms with van der Waals surface area (Å²) in [7, 11) is 0. The Kier molecular flexibility index (Phi) is 6.33. The van der Waals surface area contributed by atoms with E-state index < -0.39 is 0 Å². The fraction of sp³-hybridized carbons (Fsp3) is 0.357. The lowest BCUT2D eigenvalue weighted by molar-refractivity contribution is 0.839. The highest BCUT2D eigenvalue weighted by Gasteiger charge is 1.94. The molecule has 0 saturated carbocycles. The van der Waals surface area contributed by atoms with Crippen LogP contribution in [0.4, 0.5) is 0 Å². The Hall–Kier alpha value is -1.35. The largest absolute Gasteiger partial charge is 0.362 e. The molecule has 0 aromatic heterocycles. The minimum atomic E-state index is 0.721. The van der Waals surface area contributed by atoms with Crippen molar-refractivity contribution in [3.63, 3.8) is 0 Å². The van der Waals surface area contributed by atoms with E-state index in [-0.39, 0.29) is 0 Å². The zero-order valence-corrected chi connectivity index (χ0v) is 11.3. The van der Waals surface area contributed by atoms with Crippen molar-refractivity contribution in [1.29, 1.82) is 0 Å². The molecule has 0 atom stereocenters. The van der Waals surface area contributed by atoms with E-state index >= 15 is 0 Å². The van der Waals surface area contributed by atoms with Gasteiger partial charge >= 0.3 is 0 Å². The lowest BCUT2D eigenvalue weighted by atomic mass is 10.1. The SMILES string of the molecule is CC(C)=CCNC(=S)NCCc1ccccc1. The van der Waals surface area contributed by atoms with Gasteiger partial charge in [-0.3, -0.25) is 0 Å². The van der Waals surface area contributed by atoms with Gasteiger partial charge in [-0.25, -0.2) is 0 Å². The summed E-state index contributed by atoms with van der Waals surface area (Å²) in [4.78, 5) is 0. The maximum Gasteiger partial charge on any atom is 0.166 e. The van der Waals surface area contributed by atoms with Crippen molar-refractivity contribution in [3.8, 4) is 0 Å². The molecule has 2 nitrogen and oxygen atoms in total. The zero-order valence-electron chi connectivity index (χ0n) is 10.5. The number of benzene rings is 1. The van der Waals surface area contributed by atoms with Crippen molar-refractivity contribution >= 4 is 17.3 Å². The molecule has 0 unspecified atom stereocenters. The van der Waals surface area contributed by atoms with E-state index in [2.05, 4.69) is 54.8 Å². The maximum atomic E-state index is 5.17. The van der Waals surface area contributed by atoms with Gasteiger partial charge in [-0.1, -0.05) is 42.0 Å². The van der Waals surface area contributed by atoms with Crippen molar-refractivity contribution in [2.24, 2.45) is 0 Å². The van der Waals surface area contributed by atoms with Crippen LogP contribution in [0.15, 0.2) is 42.0 Å². The first kappa shape index (κ1) is 13.7. The minimum Gasteiger partial charge on any atom is -0.362 e. The highest BCUT2D eigenvalue weighted by atomic mass is 32.1. The van der Waals surface area contributed by atoms with Crippen LogP contribution in [0.3, 0.4) is 0 Å². The Morgan fingerprint density at radius 1 is 1.18 bits per heavy atom. The summed E-state index contributed by atoms with van der Waals surface area (Å²) < 4.78 is 0. The average molecular weight is 248 g/mol. The summed E-state index contributed by atoms with van der Waals surface area (Å²) in [5.74, 6) is 0. The predicted octanol–water partition coefficient (Wildman–Crippen LogP) is 2.66. The van der Waals surface area contributed by atoms with Gasteiger partial charge in [0.2, 0.25) is 0 Å². The molecule has 0 radical (unpaired) electrons. The molecule has 0 heterocycles. The molecule has 0 aliphatic carbocycles. The van der Waals surface area contributed by atoms with Crippen LogP contribution in [-0.4, -0.2) is 18.2 Å². The third kappa shape index (κ3) is 6.74. The first-order chi connectivity index (χ1) is 8.18. The van der Waals surface area contributed by atoms with Gasteiger partial charge in [-0.15, -0.1) is 0 Å². The molecule has 1 aromatic rings. The molecule has 17 heavy (non-hydrogen) atoms. The molecule has 92 valence electrons. The third-order valence-corrected chi connectivity index (χ3v) is 2.60. The lowest BCUT2D eigenvalue weighted by Crippen LogP contribution is -2.36. The van der Waals surface area contributed by atoms with Crippen LogP contribution in [0.25, 0.3) is 0 Å². The van der Waals surface area contributed by atoms with E-state index in [0.29, 0.717) is 0 Å². The fourth-order valence-electron chi connectivity index (χ4n) is 1.38. The molecular weight excluding hydrogens is 228 g/mol. The van der Waals surface area contributed by atoms with Gasteiger partial charge in [-0.2, -0.15) is 0 Å². The summed E-state index contributed by atoms with van der Waals surface area (Å²) in [6.07, 6.45) is 3.11. The van der Waals surface area contributed by atoms with Gasteiger partial charge in [-0.05, 0) is 38.0 Å². The third-order valence-electron chi connectivity index (χ3n) is 2.31. The van der Waals surface area contributed by atoms with Crippen molar-refractivity contribution in [3.05, 3.63) is 47.5 Å². The van der Waals surface area contributed by atoms with Crippen LogP contribution in [-0.2, 0) is 6.42 Å². The normalized spacial score (nSPS) is 9.53. The molecular formula is C14H20N2S. The van der Waals surface area contributed by atoms with E-state index in [0.717, 1.165) is 24.6 Å². The number of allylic oxidation sites excluding steroid dienone is 1. The minimum absolute atomic E-state index is 0.721. The van der Waals surface area contributed by atoms with Crippen molar-refractivity contribution < 1.29 is 0 Å². The number of rotatable bonds is 5. The Labute approximate surface area is 109 Å². The van der Waals surface area contributed by atoms with Crippen molar-refractivity contribution in [2.45, 2.75) is 20.3 Å². The zero-order chi connectivity index (χ0) is 12.5. The second kappa shape index (κ2) is 7.85. The van der Waals surface area contributed by atoms with Crippen LogP contribution in [0.5, 0.6) is 0 Å². The van der Waals surface area contributed by atoms with Gasteiger partial charge in [0.05, 0.1) is 0 Å². The molecule has 0 spiro atoms. The molecule has 1 aromatic carbocycles. The second-order valence-electron chi connectivity index (χ2n) is 4.15. The molecule has 0 saturated heterocycles. The molecule has 0 fully saturated rings. The smallest absolute Gasteiger partial charge is 0.166 e. The van der Waals surface area contributed by atoms with Crippen LogP contribution in [0.2, 0.25) is 0 Å². The fourth-order valence-corrected chi connectivity index (χ4v) is 1.56. The molecule has 0 aliphatic heterocycles. The van der Waals surface area contributed by atoms with E-state index in [1.165, 1.54) is 11.1 Å². The number of nitrogens with one attached hydrogen (secondary N) is 2. The topological polar surface area (TPSA) is 24.1 Å². The predicted molar refractivity (Wildman–Crippen MR) is 78.2 cm³/mol. The summed E-state index contributed by atoms with van der Waals surface area (Å²) in [6, 6.07) is 10.4. The summed E-state index contributed by atoms with van der Waals surface area (Å²) in [5.41, 5.74) is 2.62. The standard InChI is InChI=1S/C14H20N2S/c1-12(2)8-10-15-14(17)16-11-9-13-6-4-3-5-7-13/h3-8H,9-11H2,1-2H3,(H2,15,16,17). The van der Waals surface area contributed by atoms with E-state index in [9.17, 15) is 0 Å². The average Bonchev–Trinajstić information content (AvgIpc) is 2.30. The first-order valence-corrected chi connectivity index (χ1v) is 6.28. The maximum absolute atomic E-state index is 5.17. The summed E-state index contributed by atoms with van der Waals surface area (Å²) in [5, 5.41) is 7.06. The van der Waals surface area contributed by atoms with E-state index in [1.54, 1.807) is 0 Å². The molecule has 1 rings (SSSR count). The highest BCUT2D eigenvalue weighted by molar-refractivity contribution is 7.80. The summed E-state index contributed by atoms with van der Waals surface area (Å²) in [6.45, 7) is 5.81. The number of hydrogen-bond donors (Lipinski definition) is 2. The second-order valence-corrected chi connectivity index (χ2v) is 4.56. The molecule has 2 N–H and O–H groups in total. The Bertz CT molecular complexity index is 367. The van der Waals surface area contributed by atoms with E-state index in [1.807, 2.05) is 6.07 Å². The lowest BCUT2D eigenvalue weighted by Gasteiger charge is -2.09. The molecule has 0 bridgehead atoms. The molecule has 3 heteroatoms. The first-order valence-electron chi connectivity index (χ1n) is 5.87. The van der Waals surface area contributed by atoms with Crippen LogP contribution >= 0.6 is 12.2 Å². The van der Waals surface area contributed by atoms with Crippen molar-refractivity contribution in [2.75, 3.05) is 13.1 Å². The van der Waals surface area contributed by atoms with Gasteiger partial charge < -0.3 is 10.6 Å². The number of thiocarbonyl (C=S) groups is 1. The highest BCUT2D eigenvalue weighted by Crippen LogP contribution is 1.97. The Morgan fingerprint density at radius 3 is 2.53 bits per heavy atom. The Morgan fingerprint density at radius 2 is 1.88 bits per heavy atom. The Balaban J connectivity index is 2.14. The van der Waals surface area contributed by atoms with Crippen molar-refractivity contribution in [1.82, 2.24) is 10.6 Å². The van der Waals surface area contributed by atoms with Gasteiger partial charge in [0.15, 0.2) is 5.11 Å². The van der Waals surface area contributed by atoms with Gasteiger partial charge in [0.1, 0.15) is 0 Å². The number of hydrogen-bond acceptors (Lipinski definition) is 1. The van der Waals surface area contributed by atoms with Gasteiger partial charge in [0, 0.05) is 13.1 Å². The van der Waals surface area contributed by atoms with Crippen LogP contribution in [0.1, 0.15) is 19.4 Å². The molecule has 0 amide bonds. The van der Waals surface area contributed by atoms with Crippen LogP contribution in [0, 0.1) is 0 Å².